The number of carbonyl (C=O) groups is 1. The summed E-state index contributed by atoms with van der Waals surface area (Å²) in [5.74, 6) is -0.0958. The molecule has 0 aliphatic rings. The third kappa shape index (κ3) is 5.06. The van der Waals surface area contributed by atoms with E-state index in [0.29, 0.717) is 47.8 Å². The molecule has 0 saturated carbocycles. The van der Waals surface area contributed by atoms with Gasteiger partial charge >= 0.3 is 5.76 Å². The standard InChI is InChI=1S/C23H24N4O4S/c1-15-24-18(14-32-15)13-30-19-6-4-5-16(11-19)22(28)25-17-7-8-21-20(12-17)27(23(29)31-21)10-9-26(2)3/h4-8,11-12,14H,9-10,13H2,1-3H3,(H,25,28). The molecule has 4 rings (SSSR count). The SMILES string of the molecule is Cc1nc(COc2cccc(C(=O)Nc3ccc4oc(=O)n(CCN(C)C)c4c3)c2)cs1. The van der Waals surface area contributed by atoms with Gasteiger partial charge in [0.05, 0.1) is 16.2 Å². The molecule has 0 aliphatic heterocycles. The van der Waals surface area contributed by atoms with Crippen molar-refractivity contribution in [1.29, 1.82) is 0 Å². The fraction of sp³-hybridized carbons (Fsp3) is 0.261. The van der Waals surface area contributed by atoms with Crippen LogP contribution in [0.15, 0.2) is 57.1 Å². The number of hydrogen-bond donors (Lipinski definition) is 1. The third-order valence-corrected chi connectivity index (χ3v) is 5.67. The van der Waals surface area contributed by atoms with Gasteiger partial charge in [0.1, 0.15) is 12.4 Å². The largest absolute Gasteiger partial charge is 0.487 e. The highest BCUT2D eigenvalue weighted by molar-refractivity contribution is 7.09. The number of aryl methyl sites for hydroxylation is 1. The minimum absolute atomic E-state index is 0.273. The number of oxazole rings is 1. The Hall–Kier alpha value is -3.43. The fourth-order valence-electron chi connectivity index (χ4n) is 3.21. The van der Waals surface area contributed by atoms with Crippen LogP contribution in [0.2, 0.25) is 0 Å². The van der Waals surface area contributed by atoms with E-state index in [1.165, 1.54) is 0 Å². The van der Waals surface area contributed by atoms with Gasteiger partial charge in [-0.1, -0.05) is 6.07 Å². The van der Waals surface area contributed by atoms with Crippen LogP contribution in [-0.2, 0) is 13.2 Å². The maximum Gasteiger partial charge on any atom is 0.419 e. The summed E-state index contributed by atoms with van der Waals surface area (Å²) in [7, 11) is 3.88. The van der Waals surface area contributed by atoms with E-state index in [1.807, 2.05) is 31.3 Å². The molecule has 8 nitrogen and oxygen atoms in total. The number of amides is 1. The zero-order valence-electron chi connectivity index (χ0n) is 18.1. The topological polar surface area (TPSA) is 89.6 Å². The molecule has 1 N–H and O–H groups in total. The molecule has 2 aromatic carbocycles. The molecule has 4 aromatic rings. The quantitative estimate of drug-likeness (QED) is 0.438. The first kappa shape index (κ1) is 21.8. The summed E-state index contributed by atoms with van der Waals surface area (Å²) in [5.41, 5.74) is 3.03. The number of carbonyl (C=O) groups excluding carboxylic acids is 1. The van der Waals surface area contributed by atoms with Gasteiger partial charge < -0.3 is 19.4 Å². The minimum Gasteiger partial charge on any atom is -0.487 e. The number of aromatic nitrogens is 2. The summed E-state index contributed by atoms with van der Waals surface area (Å²) in [6.07, 6.45) is 0. The molecule has 2 aromatic heterocycles. The summed E-state index contributed by atoms with van der Waals surface area (Å²) < 4.78 is 12.7. The Morgan fingerprint density at radius 2 is 2.09 bits per heavy atom. The maximum atomic E-state index is 12.8. The minimum atomic E-state index is -0.412. The number of thiazole rings is 1. The molecule has 1 amide bonds. The third-order valence-electron chi connectivity index (χ3n) is 4.85. The van der Waals surface area contributed by atoms with Crippen molar-refractivity contribution >= 4 is 34.0 Å². The number of benzene rings is 2. The second-order valence-electron chi connectivity index (χ2n) is 7.63. The normalized spacial score (nSPS) is 11.2. The zero-order valence-corrected chi connectivity index (χ0v) is 18.9. The van der Waals surface area contributed by atoms with Crippen molar-refractivity contribution < 1.29 is 13.9 Å². The van der Waals surface area contributed by atoms with Crippen molar-refractivity contribution in [3.8, 4) is 5.75 Å². The molecule has 0 aliphatic carbocycles. The Kier molecular flexibility index (Phi) is 6.38. The lowest BCUT2D eigenvalue weighted by atomic mass is 10.2. The van der Waals surface area contributed by atoms with Gasteiger partial charge in [-0.05, 0) is 57.4 Å². The fourth-order valence-corrected chi connectivity index (χ4v) is 3.81. The Bertz CT molecular complexity index is 1300. The number of anilines is 1. The Balaban J connectivity index is 1.48. The van der Waals surface area contributed by atoms with Crippen LogP contribution >= 0.6 is 11.3 Å². The highest BCUT2D eigenvalue weighted by atomic mass is 32.1. The monoisotopic (exact) mass is 452 g/mol. The van der Waals surface area contributed by atoms with Gasteiger partial charge in [-0.25, -0.2) is 9.78 Å². The number of hydrogen-bond acceptors (Lipinski definition) is 7. The predicted octanol–water partition coefficient (Wildman–Crippen LogP) is 3.75. The van der Waals surface area contributed by atoms with E-state index in [9.17, 15) is 9.59 Å². The van der Waals surface area contributed by atoms with Gasteiger partial charge in [0.15, 0.2) is 5.58 Å². The highest BCUT2D eigenvalue weighted by Gasteiger charge is 2.13. The number of likely N-dealkylation sites (N-methyl/N-ethyl adjacent to an activating group) is 1. The molecule has 9 heteroatoms. The number of rotatable bonds is 8. The van der Waals surface area contributed by atoms with E-state index in [-0.39, 0.29) is 5.91 Å². The lowest BCUT2D eigenvalue weighted by Crippen LogP contribution is -2.23. The summed E-state index contributed by atoms with van der Waals surface area (Å²) >= 11 is 1.57. The lowest BCUT2D eigenvalue weighted by molar-refractivity contribution is 0.102. The van der Waals surface area contributed by atoms with Crippen molar-refractivity contribution in [2.75, 3.05) is 26.0 Å². The van der Waals surface area contributed by atoms with Gasteiger partial charge in [-0.3, -0.25) is 9.36 Å². The average molecular weight is 453 g/mol. The summed E-state index contributed by atoms with van der Waals surface area (Å²) in [6, 6.07) is 12.1. The molecule has 0 radical (unpaired) electrons. The maximum absolute atomic E-state index is 12.8. The van der Waals surface area contributed by atoms with Crippen LogP contribution in [0, 0.1) is 6.92 Å². The van der Waals surface area contributed by atoms with E-state index in [4.69, 9.17) is 9.15 Å². The molecule has 166 valence electrons. The molecular formula is C23H24N4O4S. The van der Waals surface area contributed by atoms with Crippen LogP contribution in [0.1, 0.15) is 21.1 Å². The van der Waals surface area contributed by atoms with Crippen LogP contribution in [-0.4, -0.2) is 41.0 Å². The van der Waals surface area contributed by atoms with Gasteiger partial charge in [0.2, 0.25) is 0 Å². The van der Waals surface area contributed by atoms with Gasteiger partial charge in [-0.2, -0.15) is 0 Å². The van der Waals surface area contributed by atoms with Crippen LogP contribution in [0.4, 0.5) is 5.69 Å². The van der Waals surface area contributed by atoms with Crippen molar-refractivity contribution in [3.05, 3.63) is 74.7 Å². The van der Waals surface area contributed by atoms with Crippen molar-refractivity contribution in [2.24, 2.45) is 0 Å². The van der Waals surface area contributed by atoms with Gasteiger partial charge in [-0.15, -0.1) is 11.3 Å². The molecule has 0 spiro atoms. The summed E-state index contributed by atoms with van der Waals surface area (Å²) in [4.78, 5) is 31.4. The van der Waals surface area contributed by atoms with Crippen LogP contribution in [0.5, 0.6) is 5.75 Å². The van der Waals surface area contributed by atoms with E-state index in [1.54, 1.807) is 58.4 Å². The molecule has 0 fully saturated rings. The Morgan fingerprint density at radius 1 is 1.25 bits per heavy atom. The predicted molar refractivity (Wildman–Crippen MR) is 125 cm³/mol. The molecular weight excluding hydrogens is 428 g/mol. The van der Waals surface area contributed by atoms with Crippen LogP contribution in [0.3, 0.4) is 0 Å². The first-order chi connectivity index (χ1) is 15.4. The summed E-state index contributed by atoms with van der Waals surface area (Å²) in [6.45, 7) is 3.48. The average Bonchev–Trinajstić information content (AvgIpc) is 3.32. The molecule has 0 bridgehead atoms. The molecule has 0 unspecified atom stereocenters. The van der Waals surface area contributed by atoms with E-state index >= 15 is 0 Å². The lowest BCUT2D eigenvalue weighted by Gasteiger charge is -2.10. The number of nitrogens with one attached hydrogen (secondary N) is 1. The van der Waals surface area contributed by atoms with E-state index in [2.05, 4.69) is 10.3 Å². The Morgan fingerprint density at radius 3 is 2.84 bits per heavy atom. The van der Waals surface area contributed by atoms with Crippen molar-refractivity contribution in [2.45, 2.75) is 20.1 Å². The van der Waals surface area contributed by atoms with Crippen LogP contribution in [0.25, 0.3) is 11.1 Å². The Labute approximate surface area is 189 Å². The van der Waals surface area contributed by atoms with Crippen molar-refractivity contribution in [1.82, 2.24) is 14.5 Å². The van der Waals surface area contributed by atoms with Gasteiger partial charge in [0.25, 0.3) is 5.91 Å². The van der Waals surface area contributed by atoms with E-state index < -0.39 is 5.76 Å². The molecule has 2 heterocycles. The van der Waals surface area contributed by atoms with Gasteiger partial charge in [0, 0.05) is 29.7 Å². The summed E-state index contributed by atoms with van der Waals surface area (Å²) in [5, 5.41) is 5.82. The highest BCUT2D eigenvalue weighted by Crippen LogP contribution is 2.21. The first-order valence-electron chi connectivity index (χ1n) is 10.1. The second-order valence-corrected chi connectivity index (χ2v) is 8.70. The second kappa shape index (κ2) is 9.37. The molecule has 0 atom stereocenters. The number of nitrogens with zero attached hydrogens (tertiary/aromatic N) is 3. The first-order valence-corrected chi connectivity index (χ1v) is 11.0. The van der Waals surface area contributed by atoms with Crippen molar-refractivity contribution in [3.63, 3.8) is 0 Å². The van der Waals surface area contributed by atoms with E-state index in [0.717, 1.165) is 10.7 Å². The number of fused-ring (bicyclic) bond motifs is 1. The van der Waals surface area contributed by atoms with Crippen LogP contribution < -0.4 is 15.8 Å². The smallest absolute Gasteiger partial charge is 0.419 e. The molecule has 0 saturated heterocycles. The molecule has 32 heavy (non-hydrogen) atoms. The zero-order chi connectivity index (χ0) is 22.7. The number of ether oxygens (including phenoxy) is 1.